The zero-order chi connectivity index (χ0) is 20.2. The highest BCUT2D eigenvalue weighted by molar-refractivity contribution is 7.18. The number of hydrogen-bond donors (Lipinski definition) is 1. The quantitative estimate of drug-likeness (QED) is 0.629. The molecule has 1 saturated heterocycles. The van der Waals surface area contributed by atoms with E-state index in [4.69, 9.17) is 4.98 Å². The molecule has 0 saturated carbocycles. The molecule has 1 aromatic heterocycles. The number of para-hydroxylation sites is 1. The summed E-state index contributed by atoms with van der Waals surface area (Å²) in [4.78, 5) is 31.7. The number of likely N-dealkylation sites (tertiary alicyclic amines) is 1. The number of carbonyl (C=O) groups is 2. The third-order valence-electron chi connectivity index (χ3n) is 5.38. The highest BCUT2D eigenvalue weighted by Crippen LogP contribution is 2.36. The number of fused-ring (bicyclic) bond motifs is 1. The van der Waals surface area contributed by atoms with E-state index < -0.39 is 0 Å². The zero-order valence-corrected chi connectivity index (χ0v) is 17.4. The van der Waals surface area contributed by atoms with Crippen molar-refractivity contribution >= 4 is 39.1 Å². The molecular weight excluding hydrogens is 382 g/mol. The van der Waals surface area contributed by atoms with Crippen molar-refractivity contribution in [1.29, 1.82) is 0 Å². The van der Waals surface area contributed by atoms with Crippen molar-refractivity contribution in [1.82, 2.24) is 9.88 Å². The van der Waals surface area contributed by atoms with Gasteiger partial charge in [-0.3, -0.25) is 9.59 Å². The second kappa shape index (κ2) is 8.74. The Kier molecular flexibility index (Phi) is 5.90. The Balaban J connectivity index is 1.35. The van der Waals surface area contributed by atoms with Gasteiger partial charge in [0.25, 0.3) is 0 Å². The first kappa shape index (κ1) is 19.6. The molecule has 1 aliphatic heterocycles. The van der Waals surface area contributed by atoms with Crippen LogP contribution in [0.15, 0.2) is 48.5 Å². The minimum atomic E-state index is -0.127. The summed E-state index contributed by atoms with van der Waals surface area (Å²) in [6.07, 6.45) is 3.29. The number of nitrogens with zero attached hydrogens (tertiary/aromatic N) is 2. The Morgan fingerprint density at radius 1 is 1.14 bits per heavy atom. The highest BCUT2D eigenvalue weighted by atomic mass is 32.1. The fourth-order valence-electron chi connectivity index (χ4n) is 3.77. The lowest BCUT2D eigenvalue weighted by molar-refractivity contribution is -0.133. The first-order chi connectivity index (χ1) is 14.1. The van der Waals surface area contributed by atoms with Crippen molar-refractivity contribution in [2.45, 2.75) is 45.1 Å². The van der Waals surface area contributed by atoms with Crippen LogP contribution >= 0.6 is 11.3 Å². The second-order valence-electron chi connectivity index (χ2n) is 7.36. The molecule has 5 nitrogen and oxygen atoms in total. The number of hydrogen-bond acceptors (Lipinski definition) is 4. The summed E-state index contributed by atoms with van der Waals surface area (Å²) >= 11 is 1.66. The van der Waals surface area contributed by atoms with Crippen molar-refractivity contribution in [2.75, 3.05) is 11.9 Å². The second-order valence-corrected chi connectivity index (χ2v) is 8.43. The lowest BCUT2D eigenvalue weighted by Gasteiger charge is -2.23. The average molecular weight is 408 g/mol. The molecule has 0 unspecified atom stereocenters. The summed E-state index contributed by atoms with van der Waals surface area (Å²) in [6.45, 7) is 2.83. The van der Waals surface area contributed by atoms with Crippen LogP contribution in [0.3, 0.4) is 0 Å². The Labute approximate surface area is 174 Å². The van der Waals surface area contributed by atoms with E-state index in [1.165, 1.54) is 5.56 Å². The van der Waals surface area contributed by atoms with Gasteiger partial charge in [0.1, 0.15) is 5.01 Å². The number of aromatic nitrogens is 1. The van der Waals surface area contributed by atoms with Crippen molar-refractivity contribution in [3.63, 3.8) is 0 Å². The fourth-order valence-corrected chi connectivity index (χ4v) is 4.88. The number of benzene rings is 2. The van der Waals surface area contributed by atoms with Gasteiger partial charge >= 0.3 is 0 Å². The molecule has 3 aromatic rings. The number of rotatable bonds is 6. The van der Waals surface area contributed by atoms with E-state index in [0.717, 1.165) is 46.7 Å². The van der Waals surface area contributed by atoms with Gasteiger partial charge in [-0.1, -0.05) is 31.2 Å². The van der Waals surface area contributed by atoms with Crippen LogP contribution in [0.1, 0.15) is 49.2 Å². The molecule has 0 bridgehead atoms. The molecule has 4 rings (SSSR count). The molecule has 2 amide bonds. The summed E-state index contributed by atoms with van der Waals surface area (Å²) in [6, 6.07) is 15.9. The van der Waals surface area contributed by atoms with Crippen molar-refractivity contribution in [2.24, 2.45) is 0 Å². The summed E-state index contributed by atoms with van der Waals surface area (Å²) < 4.78 is 1.15. The number of thiazole rings is 1. The molecule has 1 fully saturated rings. The number of anilines is 1. The van der Waals surface area contributed by atoms with Gasteiger partial charge in [-0.15, -0.1) is 11.3 Å². The molecule has 0 aliphatic carbocycles. The number of nitrogens with one attached hydrogen (secondary N) is 1. The van der Waals surface area contributed by atoms with E-state index in [1.807, 2.05) is 47.4 Å². The lowest BCUT2D eigenvalue weighted by Crippen LogP contribution is -2.31. The molecule has 6 heteroatoms. The minimum Gasteiger partial charge on any atom is -0.333 e. The highest BCUT2D eigenvalue weighted by Gasteiger charge is 2.32. The Bertz CT molecular complexity index is 979. The van der Waals surface area contributed by atoms with E-state index in [-0.39, 0.29) is 30.7 Å². The van der Waals surface area contributed by atoms with E-state index in [2.05, 4.69) is 18.3 Å². The SMILES string of the molecule is CCc1ccc(NC(=O)CCC(=O)N2CCC[C@H]2c2nc3ccccc3s2)cc1. The van der Waals surface area contributed by atoms with Gasteiger partial charge < -0.3 is 10.2 Å². The topological polar surface area (TPSA) is 62.3 Å². The van der Waals surface area contributed by atoms with Gasteiger partial charge in [0.2, 0.25) is 11.8 Å². The Morgan fingerprint density at radius 3 is 2.69 bits per heavy atom. The molecule has 2 heterocycles. The summed E-state index contributed by atoms with van der Waals surface area (Å²) in [7, 11) is 0. The van der Waals surface area contributed by atoms with Crippen LogP contribution in [0.25, 0.3) is 10.2 Å². The smallest absolute Gasteiger partial charge is 0.224 e. The number of carbonyl (C=O) groups excluding carboxylic acids is 2. The van der Waals surface area contributed by atoms with Gasteiger partial charge in [-0.05, 0) is 49.1 Å². The Hall–Kier alpha value is -2.73. The summed E-state index contributed by atoms with van der Waals surface area (Å²) in [5, 5.41) is 3.88. The van der Waals surface area contributed by atoms with Gasteiger partial charge in [0.05, 0.1) is 16.3 Å². The van der Waals surface area contributed by atoms with Crippen molar-refractivity contribution < 1.29 is 9.59 Å². The normalized spacial score (nSPS) is 16.3. The average Bonchev–Trinajstić information content (AvgIpc) is 3.39. The lowest BCUT2D eigenvalue weighted by atomic mass is 10.1. The van der Waals surface area contributed by atoms with Gasteiger partial charge in [0, 0.05) is 25.1 Å². The van der Waals surface area contributed by atoms with Crippen LogP contribution in [0, 0.1) is 0 Å². The predicted molar refractivity (Wildman–Crippen MR) is 117 cm³/mol. The van der Waals surface area contributed by atoms with Crippen LogP contribution in [0.2, 0.25) is 0 Å². The molecular formula is C23H25N3O2S. The van der Waals surface area contributed by atoms with E-state index in [9.17, 15) is 9.59 Å². The largest absolute Gasteiger partial charge is 0.333 e. The van der Waals surface area contributed by atoms with Gasteiger partial charge in [-0.2, -0.15) is 0 Å². The molecule has 29 heavy (non-hydrogen) atoms. The first-order valence-corrected chi connectivity index (χ1v) is 11.0. The van der Waals surface area contributed by atoms with Crippen LogP contribution in [-0.4, -0.2) is 28.2 Å². The molecule has 0 spiro atoms. The summed E-state index contributed by atoms with van der Waals surface area (Å²) in [5.41, 5.74) is 2.99. The number of amides is 2. The molecule has 1 N–H and O–H groups in total. The van der Waals surface area contributed by atoms with E-state index >= 15 is 0 Å². The molecule has 1 atom stereocenters. The molecule has 0 radical (unpaired) electrons. The van der Waals surface area contributed by atoms with Crippen molar-refractivity contribution in [3.05, 3.63) is 59.1 Å². The van der Waals surface area contributed by atoms with Crippen LogP contribution < -0.4 is 5.32 Å². The summed E-state index contributed by atoms with van der Waals surface area (Å²) in [5.74, 6) is -0.0958. The first-order valence-electron chi connectivity index (χ1n) is 10.2. The van der Waals surface area contributed by atoms with E-state index in [0.29, 0.717) is 0 Å². The standard InChI is InChI=1S/C23H25N3O2S/c1-2-16-9-11-17(12-10-16)24-21(27)13-14-22(28)26-15-5-7-19(26)23-25-18-6-3-4-8-20(18)29-23/h3-4,6,8-12,19H,2,5,7,13-15H2,1H3,(H,24,27)/t19-/m0/s1. The predicted octanol–water partition coefficient (Wildman–Crippen LogP) is 4.94. The van der Waals surface area contributed by atoms with Crippen LogP contribution in [-0.2, 0) is 16.0 Å². The van der Waals surface area contributed by atoms with Crippen LogP contribution in [0.4, 0.5) is 5.69 Å². The zero-order valence-electron chi connectivity index (χ0n) is 16.6. The van der Waals surface area contributed by atoms with Gasteiger partial charge in [-0.25, -0.2) is 4.98 Å². The maximum absolute atomic E-state index is 12.8. The number of aryl methyl sites for hydroxylation is 1. The third kappa shape index (κ3) is 4.48. The van der Waals surface area contributed by atoms with Gasteiger partial charge in [0.15, 0.2) is 0 Å². The molecule has 1 aliphatic rings. The van der Waals surface area contributed by atoms with E-state index in [1.54, 1.807) is 11.3 Å². The monoisotopic (exact) mass is 407 g/mol. The minimum absolute atomic E-state index is 0.0308. The van der Waals surface area contributed by atoms with Crippen molar-refractivity contribution in [3.8, 4) is 0 Å². The fraction of sp³-hybridized carbons (Fsp3) is 0.348. The third-order valence-corrected chi connectivity index (χ3v) is 6.52. The Morgan fingerprint density at radius 2 is 1.93 bits per heavy atom. The maximum Gasteiger partial charge on any atom is 0.224 e. The van der Waals surface area contributed by atoms with Crippen LogP contribution in [0.5, 0.6) is 0 Å². The maximum atomic E-state index is 12.8. The molecule has 150 valence electrons. The molecule has 2 aromatic carbocycles.